The number of ketones is 1. The van der Waals surface area contributed by atoms with E-state index in [0.717, 1.165) is 15.5 Å². The molecule has 1 heterocycles. The molecule has 132 valence electrons. The van der Waals surface area contributed by atoms with Crippen LogP contribution in [0.15, 0.2) is 53.0 Å². The van der Waals surface area contributed by atoms with Crippen LogP contribution in [-0.4, -0.2) is 33.6 Å². The molecular weight excluding hydrogens is 450 g/mol. The standard InChI is InChI=1S/C18H18BrN3O2.BrH/c19-14-8-6-13(7-9-14)17(24)12-22-16-5-2-1-4-15(16)21-18(22)20-10-3-11-23;/h1-2,4-9,23H,3,10-12H2,(H,20,21);1H. The number of rotatable bonds is 7. The highest BCUT2D eigenvalue weighted by atomic mass is 79.9. The van der Waals surface area contributed by atoms with Gasteiger partial charge in [0.05, 0.1) is 17.6 Å². The van der Waals surface area contributed by atoms with Gasteiger partial charge < -0.3 is 15.0 Å². The summed E-state index contributed by atoms with van der Waals surface area (Å²) in [5.41, 5.74) is 2.42. The van der Waals surface area contributed by atoms with Gasteiger partial charge in [-0.05, 0) is 30.7 Å². The summed E-state index contributed by atoms with van der Waals surface area (Å²) in [5.74, 6) is 0.672. The van der Waals surface area contributed by atoms with E-state index < -0.39 is 0 Å². The lowest BCUT2D eigenvalue weighted by Crippen LogP contribution is -2.15. The van der Waals surface area contributed by atoms with Crippen LogP contribution in [0, 0.1) is 0 Å². The molecule has 3 rings (SSSR count). The minimum Gasteiger partial charge on any atom is -0.396 e. The topological polar surface area (TPSA) is 67.2 Å². The van der Waals surface area contributed by atoms with Gasteiger partial charge in [0.1, 0.15) is 0 Å². The van der Waals surface area contributed by atoms with E-state index in [1.54, 1.807) is 0 Å². The van der Waals surface area contributed by atoms with Gasteiger partial charge in [-0.2, -0.15) is 0 Å². The predicted molar refractivity (Wildman–Crippen MR) is 109 cm³/mol. The van der Waals surface area contributed by atoms with Crippen LogP contribution in [0.5, 0.6) is 0 Å². The summed E-state index contributed by atoms with van der Waals surface area (Å²) >= 11 is 3.38. The summed E-state index contributed by atoms with van der Waals surface area (Å²) in [5, 5.41) is 12.1. The first-order valence-electron chi connectivity index (χ1n) is 7.78. The molecule has 0 amide bonds. The second kappa shape index (κ2) is 9.12. The zero-order valence-electron chi connectivity index (χ0n) is 13.5. The molecule has 2 N–H and O–H groups in total. The first-order chi connectivity index (χ1) is 11.7. The lowest BCUT2D eigenvalue weighted by molar-refractivity contribution is 0.0974. The van der Waals surface area contributed by atoms with Crippen molar-refractivity contribution in [2.24, 2.45) is 0 Å². The number of benzene rings is 2. The Hall–Kier alpha value is -1.70. The Kier molecular flexibility index (Phi) is 7.16. The Morgan fingerprint density at radius 3 is 2.60 bits per heavy atom. The molecule has 0 bridgehead atoms. The van der Waals surface area contributed by atoms with Crippen LogP contribution >= 0.6 is 32.9 Å². The predicted octanol–water partition coefficient (Wildman–Crippen LogP) is 4.05. The fraction of sp³-hybridized carbons (Fsp3) is 0.222. The van der Waals surface area contributed by atoms with Crippen LogP contribution < -0.4 is 5.32 Å². The summed E-state index contributed by atoms with van der Waals surface area (Å²) in [4.78, 5) is 17.2. The highest BCUT2D eigenvalue weighted by Crippen LogP contribution is 2.21. The summed E-state index contributed by atoms with van der Waals surface area (Å²) in [6, 6.07) is 15.1. The second-order valence-corrected chi connectivity index (χ2v) is 6.36. The number of hydrogen-bond donors (Lipinski definition) is 2. The van der Waals surface area contributed by atoms with Crippen molar-refractivity contribution in [3.05, 3.63) is 58.6 Å². The fourth-order valence-corrected chi connectivity index (χ4v) is 2.78. The molecule has 0 unspecified atom stereocenters. The number of anilines is 1. The van der Waals surface area contributed by atoms with E-state index in [0.29, 0.717) is 24.5 Å². The second-order valence-electron chi connectivity index (χ2n) is 5.44. The third-order valence-electron chi connectivity index (χ3n) is 3.74. The van der Waals surface area contributed by atoms with Crippen molar-refractivity contribution in [1.29, 1.82) is 0 Å². The quantitative estimate of drug-likeness (QED) is 0.405. The van der Waals surface area contributed by atoms with Gasteiger partial charge in [-0.1, -0.05) is 40.2 Å². The largest absolute Gasteiger partial charge is 0.396 e. The van der Waals surface area contributed by atoms with Crippen LogP contribution in [0.4, 0.5) is 5.95 Å². The van der Waals surface area contributed by atoms with E-state index >= 15 is 0 Å². The Bertz CT molecular complexity index is 847. The van der Waals surface area contributed by atoms with Gasteiger partial charge in [-0.15, -0.1) is 17.0 Å². The van der Waals surface area contributed by atoms with Crippen molar-refractivity contribution in [3.8, 4) is 0 Å². The molecule has 0 aliphatic rings. The van der Waals surface area contributed by atoms with Crippen molar-refractivity contribution < 1.29 is 9.90 Å². The zero-order chi connectivity index (χ0) is 16.9. The first kappa shape index (κ1) is 19.6. The van der Waals surface area contributed by atoms with E-state index in [2.05, 4.69) is 26.2 Å². The molecule has 0 atom stereocenters. The molecule has 0 saturated carbocycles. The molecule has 0 radical (unpaired) electrons. The highest BCUT2D eigenvalue weighted by Gasteiger charge is 2.14. The number of para-hydroxylation sites is 2. The van der Waals surface area contributed by atoms with Crippen molar-refractivity contribution in [2.45, 2.75) is 13.0 Å². The number of hydrogen-bond acceptors (Lipinski definition) is 4. The molecule has 0 saturated heterocycles. The van der Waals surface area contributed by atoms with E-state index in [4.69, 9.17) is 5.11 Å². The Labute approximate surface area is 165 Å². The maximum absolute atomic E-state index is 12.6. The molecule has 2 aromatic carbocycles. The number of aliphatic hydroxyl groups is 1. The Morgan fingerprint density at radius 1 is 1.16 bits per heavy atom. The fourth-order valence-electron chi connectivity index (χ4n) is 2.52. The van der Waals surface area contributed by atoms with E-state index in [9.17, 15) is 4.79 Å². The van der Waals surface area contributed by atoms with Crippen molar-refractivity contribution in [3.63, 3.8) is 0 Å². The van der Waals surface area contributed by atoms with Crippen LogP contribution in [0.25, 0.3) is 11.0 Å². The van der Waals surface area contributed by atoms with Gasteiger partial charge in [0.15, 0.2) is 5.78 Å². The lowest BCUT2D eigenvalue weighted by atomic mass is 10.1. The maximum Gasteiger partial charge on any atom is 0.204 e. The van der Waals surface area contributed by atoms with Gasteiger partial charge in [-0.25, -0.2) is 4.98 Å². The number of carbonyl (C=O) groups excluding carboxylic acids is 1. The zero-order valence-corrected chi connectivity index (χ0v) is 16.8. The maximum atomic E-state index is 12.6. The molecule has 5 nitrogen and oxygen atoms in total. The molecule has 0 aliphatic carbocycles. The van der Waals surface area contributed by atoms with Crippen LogP contribution in [0.1, 0.15) is 16.8 Å². The average molecular weight is 469 g/mol. The molecule has 0 aliphatic heterocycles. The normalized spacial score (nSPS) is 10.5. The lowest BCUT2D eigenvalue weighted by Gasteiger charge is -2.10. The highest BCUT2D eigenvalue weighted by molar-refractivity contribution is 9.10. The van der Waals surface area contributed by atoms with Gasteiger partial charge >= 0.3 is 0 Å². The number of carbonyl (C=O) groups is 1. The molecule has 0 fully saturated rings. The summed E-state index contributed by atoms with van der Waals surface area (Å²) in [7, 11) is 0. The Balaban J connectivity index is 0.00000225. The monoisotopic (exact) mass is 467 g/mol. The summed E-state index contributed by atoms with van der Waals surface area (Å²) < 4.78 is 2.83. The first-order valence-corrected chi connectivity index (χ1v) is 8.57. The minimum atomic E-state index is 0. The summed E-state index contributed by atoms with van der Waals surface area (Å²) in [6.07, 6.45) is 0.629. The SMILES string of the molecule is Br.O=C(Cn1c(NCCCO)nc2ccccc21)c1ccc(Br)cc1. The number of imidazole rings is 1. The van der Waals surface area contributed by atoms with Crippen LogP contribution in [0.3, 0.4) is 0 Å². The number of Topliss-reactive ketones (excluding diaryl/α,β-unsaturated/α-hetero) is 1. The minimum absolute atomic E-state index is 0. The van der Waals surface area contributed by atoms with Gasteiger partial charge in [0.25, 0.3) is 0 Å². The Morgan fingerprint density at radius 2 is 1.88 bits per heavy atom. The van der Waals surface area contributed by atoms with Crippen molar-refractivity contribution in [1.82, 2.24) is 9.55 Å². The molecule has 1 aromatic heterocycles. The molecule has 0 spiro atoms. The number of aliphatic hydroxyl groups excluding tert-OH is 1. The van der Waals surface area contributed by atoms with E-state index in [-0.39, 0.29) is 35.9 Å². The third-order valence-corrected chi connectivity index (χ3v) is 4.27. The van der Waals surface area contributed by atoms with Crippen molar-refractivity contribution in [2.75, 3.05) is 18.5 Å². The number of nitrogens with one attached hydrogen (secondary N) is 1. The number of halogens is 2. The number of aromatic nitrogens is 2. The number of fused-ring (bicyclic) bond motifs is 1. The van der Waals surface area contributed by atoms with Gasteiger partial charge in [0.2, 0.25) is 5.95 Å². The summed E-state index contributed by atoms with van der Waals surface area (Å²) in [6.45, 7) is 0.932. The molecular formula is C18H19Br2N3O2. The molecule has 25 heavy (non-hydrogen) atoms. The van der Waals surface area contributed by atoms with Crippen molar-refractivity contribution >= 4 is 55.7 Å². The van der Waals surface area contributed by atoms with Gasteiger partial charge in [-0.3, -0.25) is 4.79 Å². The average Bonchev–Trinajstić information content (AvgIpc) is 2.93. The van der Waals surface area contributed by atoms with E-state index in [1.165, 1.54) is 0 Å². The van der Waals surface area contributed by atoms with Crippen LogP contribution in [-0.2, 0) is 6.54 Å². The smallest absolute Gasteiger partial charge is 0.204 e. The van der Waals surface area contributed by atoms with Crippen LogP contribution in [0.2, 0.25) is 0 Å². The van der Waals surface area contributed by atoms with Gasteiger partial charge in [0, 0.05) is 23.2 Å². The molecule has 3 aromatic rings. The number of nitrogens with zero attached hydrogens (tertiary/aromatic N) is 2. The molecule has 7 heteroatoms. The van der Waals surface area contributed by atoms with E-state index in [1.807, 2.05) is 53.1 Å². The third kappa shape index (κ3) is 4.68.